The zero-order chi connectivity index (χ0) is 20.3. The summed E-state index contributed by atoms with van der Waals surface area (Å²) >= 11 is 0. The van der Waals surface area contributed by atoms with Crippen molar-refractivity contribution in [1.82, 2.24) is 4.98 Å². The molecule has 4 nitrogen and oxygen atoms in total. The van der Waals surface area contributed by atoms with Crippen molar-refractivity contribution in [2.75, 3.05) is 14.2 Å². The van der Waals surface area contributed by atoms with Crippen molar-refractivity contribution in [3.63, 3.8) is 0 Å². The van der Waals surface area contributed by atoms with Gasteiger partial charge in [-0.2, -0.15) is 0 Å². The first-order valence-electron chi connectivity index (χ1n) is 9.70. The number of hydrogen-bond donors (Lipinski definition) is 1. The molecule has 0 fully saturated rings. The van der Waals surface area contributed by atoms with Crippen molar-refractivity contribution in [3.05, 3.63) is 59.3 Å². The van der Waals surface area contributed by atoms with Crippen LogP contribution in [-0.2, 0) is 11.8 Å². The van der Waals surface area contributed by atoms with Crippen LogP contribution in [0.3, 0.4) is 0 Å². The molecule has 1 N–H and O–H groups in total. The molecule has 0 bridgehead atoms. The number of nitrogens with one attached hydrogen (secondary N) is 1. The summed E-state index contributed by atoms with van der Waals surface area (Å²) < 4.78 is 10.6. The molecular formula is C24H29NO3. The van der Waals surface area contributed by atoms with E-state index < -0.39 is 0 Å². The number of carbonyl (C=O) groups excluding carboxylic acids is 1. The van der Waals surface area contributed by atoms with Crippen molar-refractivity contribution in [3.8, 4) is 11.5 Å². The van der Waals surface area contributed by atoms with Crippen molar-refractivity contribution in [2.45, 2.75) is 45.4 Å². The van der Waals surface area contributed by atoms with E-state index in [1.165, 1.54) is 16.6 Å². The predicted molar refractivity (Wildman–Crippen MR) is 114 cm³/mol. The Morgan fingerprint density at radius 2 is 1.71 bits per heavy atom. The highest BCUT2D eigenvalue weighted by Gasteiger charge is 2.22. The molecule has 4 heteroatoms. The number of fused-ring (bicyclic) bond motifs is 1. The summed E-state index contributed by atoms with van der Waals surface area (Å²) in [5.41, 5.74) is 4.43. The van der Waals surface area contributed by atoms with Gasteiger partial charge < -0.3 is 14.5 Å². The van der Waals surface area contributed by atoms with E-state index in [1.54, 1.807) is 32.4 Å². The van der Waals surface area contributed by atoms with E-state index in [0.29, 0.717) is 23.5 Å². The molecule has 0 amide bonds. The van der Waals surface area contributed by atoms with E-state index in [0.717, 1.165) is 18.4 Å². The topological polar surface area (TPSA) is 51.3 Å². The Labute approximate surface area is 166 Å². The van der Waals surface area contributed by atoms with E-state index in [4.69, 9.17) is 9.47 Å². The molecule has 0 unspecified atom stereocenters. The number of methoxy groups -OCH3 is 2. The second-order valence-electron chi connectivity index (χ2n) is 8.12. The van der Waals surface area contributed by atoms with E-state index in [9.17, 15) is 4.79 Å². The third kappa shape index (κ3) is 4.06. The van der Waals surface area contributed by atoms with Gasteiger partial charge in [0.15, 0.2) is 17.3 Å². The Hall–Kier alpha value is -2.75. The third-order valence-electron chi connectivity index (χ3n) is 5.10. The molecule has 0 aliphatic heterocycles. The van der Waals surface area contributed by atoms with Crippen molar-refractivity contribution < 1.29 is 14.3 Å². The number of aromatic nitrogens is 1. The number of carbonyl (C=O) groups is 1. The minimum Gasteiger partial charge on any atom is -0.493 e. The Bertz CT molecular complexity index is 979. The Morgan fingerprint density at radius 1 is 1.00 bits per heavy atom. The van der Waals surface area contributed by atoms with Crippen LogP contribution in [0.5, 0.6) is 11.5 Å². The Balaban J connectivity index is 1.76. The summed E-state index contributed by atoms with van der Waals surface area (Å²) in [5, 5.41) is 1.26. The number of Topliss-reactive ketones (excluding diaryl/α,β-unsaturated/α-hetero) is 1. The maximum Gasteiger partial charge on any atom is 0.163 e. The monoisotopic (exact) mass is 379 g/mol. The molecule has 0 radical (unpaired) electrons. The van der Waals surface area contributed by atoms with Crippen LogP contribution in [0, 0.1) is 0 Å². The van der Waals surface area contributed by atoms with Gasteiger partial charge in [-0.1, -0.05) is 39.0 Å². The van der Waals surface area contributed by atoms with Crippen molar-refractivity contribution in [2.24, 2.45) is 0 Å². The molecule has 3 aromatic rings. The van der Waals surface area contributed by atoms with Crippen LogP contribution < -0.4 is 9.47 Å². The highest BCUT2D eigenvalue weighted by Crippen LogP contribution is 2.33. The van der Waals surface area contributed by atoms with Crippen molar-refractivity contribution in [1.29, 1.82) is 0 Å². The van der Waals surface area contributed by atoms with Gasteiger partial charge in [0.25, 0.3) is 0 Å². The summed E-state index contributed by atoms with van der Waals surface area (Å²) in [6, 6.07) is 13.7. The molecule has 0 atom stereocenters. The minimum absolute atomic E-state index is 0.0295. The van der Waals surface area contributed by atoms with Crippen LogP contribution in [0.1, 0.15) is 55.2 Å². The fourth-order valence-electron chi connectivity index (χ4n) is 3.68. The first kappa shape index (κ1) is 20.0. The van der Waals surface area contributed by atoms with Gasteiger partial charge in [-0.15, -0.1) is 0 Å². The summed E-state index contributed by atoms with van der Waals surface area (Å²) in [7, 11) is 3.17. The number of aromatic amines is 1. The summed E-state index contributed by atoms with van der Waals surface area (Å²) in [6.45, 7) is 6.65. The number of hydrogen-bond acceptors (Lipinski definition) is 3. The zero-order valence-electron chi connectivity index (χ0n) is 17.4. The smallest absolute Gasteiger partial charge is 0.163 e. The number of ketones is 1. The number of aryl methyl sites for hydroxylation is 1. The lowest BCUT2D eigenvalue weighted by molar-refractivity contribution is 0.0980. The molecule has 0 saturated carbocycles. The summed E-state index contributed by atoms with van der Waals surface area (Å²) in [5.74, 6) is 1.34. The minimum atomic E-state index is 0.0295. The largest absolute Gasteiger partial charge is 0.493 e. The van der Waals surface area contributed by atoms with Gasteiger partial charge in [-0.25, -0.2) is 0 Å². The molecule has 148 valence electrons. The lowest BCUT2D eigenvalue weighted by Gasteiger charge is -2.19. The second-order valence-corrected chi connectivity index (χ2v) is 8.12. The van der Waals surface area contributed by atoms with E-state index in [-0.39, 0.29) is 11.2 Å². The molecule has 1 aromatic heterocycles. The van der Waals surface area contributed by atoms with Gasteiger partial charge in [-0.05, 0) is 42.7 Å². The molecule has 1 heterocycles. The van der Waals surface area contributed by atoms with Crippen LogP contribution in [-0.4, -0.2) is 25.0 Å². The maximum atomic E-state index is 12.7. The maximum absolute atomic E-state index is 12.7. The molecule has 0 spiro atoms. The number of ether oxygens (including phenoxy) is 2. The highest BCUT2D eigenvalue weighted by atomic mass is 16.5. The van der Waals surface area contributed by atoms with Gasteiger partial charge in [0, 0.05) is 34.0 Å². The van der Waals surface area contributed by atoms with E-state index in [1.807, 2.05) is 0 Å². The summed E-state index contributed by atoms with van der Waals surface area (Å²) in [6.07, 6.45) is 2.17. The average Bonchev–Trinajstić information content (AvgIpc) is 3.06. The quantitative estimate of drug-likeness (QED) is 0.537. The first-order chi connectivity index (χ1) is 13.3. The standard InChI is InChI=1S/C24H29NO3/c1-24(2,3)23-18(17-9-6-7-11-19(17)25-23)10-8-12-20(26)16-13-14-21(27-4)22(15-16)28-5/h6-7,9,11,13-15,25H,8,10,12H2,1-5H3. The molecule has 0 aliphatic carbocycles. The summed E-state index contributed by atoms with van der Waals surface area (Å²) in [4.78, 5) is 16.3. The van der Waals surface area contributed by atoms with E-state index in [2.05, 4.69) is 50.0 Å². The molecule has 0 saturated heterocycles. The first-order valence-corrected chi connectivity index (χ1v) is 9.70. The normalized spacial score (nSPS) is 11.6. The molecule has 0 aliphatic rings. The van der Waals surface area contributed by atoms with Crippen LogP contribution in [0.4, 0.5) is 0 Å². The molecule has 28 heavy (non-hydrogen) atoms. The lowest BCUT2D eigenvalue weighted by Crippen LogP contribution is -2.14. The molecule has 3 rings (SSSR count). The molecule has 2 aromatic carbocycles. The Morgan fingerprint density at radius 3 is 2.39 bits per heavy atom. The zero-order valence-corrected chi connectivity index (χ0v) is 17.4. The third-order valence-corrected chi connectivity index (χ3v) is 5.10. The number of rotatable bonds is 7. The van der Waals surface area contributed by atoms with Gasteiger partial charge in [0.2, 0.25) is 0 Å². The van der Waals surface area contributed by atoms with Gasteiger partial charge in [0.1, 0.15) is 0 Å². The highest BCUT2D eigenvalue weighted by molar-refractivity contribution is 5.96. The van der Waals surface area contributed by atoms with E-state index >= 15 is 0 Å². The van der Waals surface area contributed by atoms with Gasteiger partial charge in [-0.3, -0.25) is 4.79 Å². The molecular weight excluding hydrogens is 350 g/mol. The Kier molecular flexibility index (Phi) is 5.78. The SMILES string of the molecule is COc1ccc(C(=O)CCCc2c(C(C)(C)C)[nH]c3ccccc23)cc1OC. The van der Waals surface area contributed by atoms with Crippen LogP contribution in [0.15, 0.2) is 42.5 Å². The van der Waals surface area contributed by atoms with Crippen LogP contribution >= 0.6 is 0 Å². The number of benzene rings is 2. The lowest BCUT2D eigenvalue weighted by atomic mass is 9.87. The van der Waals surface area contributed by atoms with Crippen LogP contribution in [0.25, 0.3) is 10.9 Å². The number of para-hydroxylation sites is 1. The fourth-order valence-corrected chi connectivity index (χ4v) is 3.68. The van der Waals surface area contributed by atoms with Crippen molar-refractivity contribution >= 4 is 16.7 Å². The predicted octanol–water partition coefficient (Wildman–Crippen LogP) is 5.69. The fraction of sp³-hybridized carbons (Fsp3) is 0.375. The van der Waals surface area contributed by atoms with Gasteiger partial charge >= 0.3 is 0 Å². The average molecular weight is 380 g/mol. The second kappa shape index (κ2) is 8.09. The van der Waals surface area contributed by atoms with Crippen LogP contribution in [0.2, 0.25) is 0 Å². The number of H-pyrrole nitrogens is 1. The van der Waals surface area contributed by atoms with Gasteiger partial charge in [0.05, 0.1) is 14.2 Å².